The molecule has 43 heavy (non-hydrogen) atoms. The largest absolute Gasteiger partial charge is 0.463 e. The average Bonchev–Trinajstić information content (AvgIpc) is 3.49. The van der Waals surface area contributed by atoms with E-state index in [0.717, 1.165) is 90.0 Å². The van der Waals surface area contributed by atoms with Crippen LogP contribution in [0, 0.1) is 35.2 Å². The SMILES string of the molecule is [C-]#[N+]c1c(N2C[C@H]3CC[C@@H](C2)C3N)nc(OCC2(CN3CCOCC3)CC2)nc1N1CC2(CCc3sc(N)c(C#N)c32)C1. The van der Waals surface area contributed by atoms with Crippen molar-refractivity contribution >= 4 is 33.7 Å². The molecule has 2 aromatic rings. The molecule has 12 heteroatoms. The first-order chi connectivity index (χ1) is 20.9. The van der Waals surface area contributed by atoms with Crippen LogP contribution in [-0.2, 0) is 16.6 Å². The number of piperidine rings is 1. The molecule has 2 saturated carbocycles. The molecule has 1 spiro atoms. The van der Waals surface area contributed by atoms with Gasteiger partial charge in [0.05, 0.1) is 32.0 Å². The molecule has 5 fully saturated rings. The average molecular weight is 602 g/mol. The fraction of sp³-hybridized carbons (Fsp3) is 0.677. The normalized spacial score (nSPS) is 28.3. The third-order valence-corrected chi connectivity index (χ3v) is 12.1. The molecule has 8 rings (SSSR count). The summed E-state index contributed by atoms with van der Waals surface area (Å²) in [4.78, 5) is 22.1. The number of nitrogens with zero attached hydrogens (tertiary/aromatic N) is 7. The van der Waals surface area contributed by atoms with Gasteiger partial charge in [-0.1, -0.05) is 0 Å². The fourth-order valence-electron chi connectivity index (χ4n) is 8.40. The number of aryl methyl sites for hydroxylation is 1. The van der Waals surface area contributed by atoms with Crippen LogP contribution in [0.25, 0.3) is 4.85 Å². The van der Waals surface area contributed by atoms with Crippen molar-refractivity contribution in [3.05, 3.63) is 27.4 Å². The summed E-state index contributed by atoms with van der Waals surface area (Å²) in [6, 6.07) is 2.95. The molecule has 0 aromatic carbocycles. The number of fused-ring (bicyclic) bond motifs is 4. The van der Waals surface area contributed by atoms with Crippen molar-refractivity contribution in [3.63, 3.8) is 0 Å². The first kappa shape index (κ1) is 27.4. The number of nitrogens with two attached hydrogens (primary N) is 2. The van der Waals surface area contributed by atoms with Crippen molar-refractivity contribution in [1.82, 2.24) is 14.9 Å². The molecule has 2 aromatic heterocycles. The van der Waals surface area contributed by atoms with E-state index in [0.29, 0.717) is 65.4 Å². The number of hydrogen-bond donors (Lipinski definition) is 2. The number of thiophene rings is 1. The molecule has 3 saturated heterocycles. The van der Waals surface area contributed by atoms with Gasteiger partial charge in [0.15, 0.2) is 0 Å². The van der Waals surface area contributed by atoms with Gasteiger partial charge in [-0.3, -0.25) is 4.90 Å². The van der Waals surface area contributed by atoms with E-state index in [1.54, 1.807) is 11.3 Å². The Kier molecular flexibility index (Phi) is 6.50. The number of rotatable bonds is 7. The molecule has 5 heterocycles. The molecule has 0 amide bonds. The fourth-order valence-corrected chi connectivity index (χ4v) is 9.54. The molecule has 2 bridgehead atoms. The van der Waals surface area contributed by atoms with Gasteiger partial charge >= 0.3 is 6.01 Å². The molecule has 3 atom stereocenters. The summed E-state index contributed by atoms with van der Waals surface area (Å²) < 4.78 is 12.0. The van der Waals surface area contributed by atoms with Crippen molar-refractivity contribution in [1.29, 1.82) is 5.26 Å². The quantitative estimate of drug-likeness (QED) is 0.456. The minimum atomic E-state index is -0.118. The Morgan fingerprint density at radius 1 is 1.09 bits per heavy atom. The number of hydrogen-bond acceptors (Lipinski definition) is 11. The lowest BCUT2D eigenvalue weighted by atomic mass is 9.74. The summed E-state index contributed by atoms with van der Waals surface area (Å²) in [5.74, 6) is 2.17. The van der Waals surface area contributed by atoms with Crippen LogP contribution in [0.5, 0.6) is 6.01 Å². The number of ether oxygens (including phenoxy) is 2. The second-order valence-electron chi connectivity index (χ2n) is 13.8. The van der Waals surface area contributed by atoms with E-state index in [-0.39, 0.29) is 16.9 Å². The monoisotopic (exact) mass is 601 g/mol. The topological polar surface area (TPSA) is 134 Å². The predicted molar refractivity (Wildman–Crippen MR) is 165 cm³/mol. The summed E-state index contributed by atoms with van der Waals surface area (Å²) in [7, 11) is 0. The van der Waals surface area contributed by atoms with Gasteiger partial charge in [0.2, 0.25) is 0 Å². The van der Waals surface area contributed by atoms with E-state index in [1.165, 1.54) is 4.88 Å². The van der Waals surface area contributed by atoms with Crippen LogP contribution < -0.4 is 26.0 Å². The van der Waals surface area contributed by atoms with Gasteiger partial charge in [0.1, 0.15) is 22.7 Å². The molecule has 226 valence electrons. The van der Waals surface area contributed by atoms with Crippen LogP contribution in [0.4, 0.5) is 22.3 Å². The number of anilines is 3. The predicted octanol–water partition coefficient (Wildman–Crippen LogP) is 2.91. The second-order valence-corrected chi connectivity index (χ2v) is 14.9. The van der Waals surface area contributed by atoms with Crippen LogP contribution in [0.1, 0.15) is 48.1 Å². The Labute approximate surface area is 256 Å². The first-order valence-electron chi connectivity index (χ1n) is 15.7. The highest BCUT2D eigenvalue weighted by molar-refractivity contribution is 7.16. The van der Waals surface area contributed by atoms with Crippen molar-refractivity contribution in [2.75, 3.05) is 81.2 Å². The molecule has 6 aliphatic rings. The van der Waals surface area contributed by atoms with E-state index in [9.17, 15) is 5.26 Å². The first-order valence-corrected chi connectivity index (χ1v) is 16.5. The maximum Gasteiger partial charge on any atom is 0.317 e. The standard InChI is InChI=1S/C31H39N9O2S/c1-35-25-27(39-13-19-2-3-20(14-39)24(19)33)36-29(42-18-30(6-7-30)15-38-8-10-41-11-9-38)37-28(25)40-16-31(17-40)5-4-22-23(31)21(12-32)26(34)43-22/h19-20,24H,2-11,13-18,33-34H2/t19-,20+,24?. The third-order valence-electron chi connectivity index (χ3n) is 11.0. The molecule has 3 aliphatic heterocycles. The molecule has 0 radical (unpaired) electrons. The lowest BCUT2D eigenvalue weighted by molar-refractivity contribution is 0.0231. The smallest absolute Gasteiger partial charge is 0.317 e. The Balaban J connectivity index is 1.09. The molecular weight excluding hydrogens is 562 g/mol. The zero-order chi connectivity index (χ0) is 29.3. The molecule has 1 unspecified atom stereocenters. The van der Waals surface area contributed by atoms with Crippen LogP contribution in [0.2, 0.25) is 0 Å². The lowest BCUT2D eigenvalue weighted by Gasteiger charge is -2.50. The Bertz CT molecular complexity index is 1500. The van der Waals surface area contributed by atoms with Gasteiger partial charge in [-0.2, -0.15) is 15.2 Å². The molecule has 11 nitrogen and oxygen atoms in total. The van der Waals surface area contributed by atoms with Crippen LogP contribution in [0.3, 0.4) is 0 Å². The Morgan fingerprint density at radius 3 is 2.44 bits per heavy atom. The highest BCUT2D eigenvalue weighted by atomic mass is 32.1. The molecule has 3 aliphatic carbocycles. The maximum absolute atomic E-state index is 9.87. The minimum absolute atomic E-state index is 0.118. The van der Waals surface area contributed by atoms with Gasteiger partial charge in [-0.25, -0.2) is 4.85 Å². The van der Waals surface area contributed by atoms with Gasteiger partial charge < -0.3 is 30.7 Å². The van der Waals surface area contributed by atoms with Crippen molar-refractivity contribution < 1.29 is 9.47 Å². The summed E-state index contributed by atoms with van der Waals surface area (Å²) in [5, 5.41) is 10.5. The summed E-state index contributed by atoms with van der Waals surface area (Å²) in [6.07, 6.45) is 6.47. The van der Waals surface area contributed by atoms with Gasteiger partial charge in [0.25, 0.3) is 5.69 Å². The molecule has 4 N–H and O–H groups in total. The number of nitrogen functional groups attached to an aromatic ring is 1. The summed E-state index contributed by atoms with van der Waals surface area (Å²) >= 11 is 1.56. The van der Waals surface area contributed by atoms with E-state index in [2.05, 4.69) is 25.6 Å². The maximum atomic E-state index is 9.87. The second kappa shape index (κ2) is 10.2. The van der Waals surface area contributed by atoms with Crippen molar-refractivity contribution in [3.8, 4) is 12.1 Å². The number of aromatic nitrogens is 2. The summed E-state index contributed by atoms with van der Waals surface area (Å²) in [5.41, 5.74) is 15.1. The zero-order valence-electron chi connectivity index (χ0n) is 24.6. The van der Waals surface area contributed by atoms with Crippen molar-refractivity contribution in [2.24, 2.45) is 23.0 Å². The summed E-state index contributed by atoms with van der Waals surface area (Å²) in [6.45, 7) is 16.4. The van der Waals surface area contributed by atoms with Gasteiger partial charge in [-0.15, -0.1) is 11.3 Å². The Hall–Kier alpha value is -3.16. The third kappa shape index (κ3) is 4.53. The molecular formula is C31H39N9O2S. The highest BCUT2D eigenvalue weighted by Gasteiger charge is 2.53. The number of morpholine rings is 1. The minimum Gasteiger partial charge on any atom is -0.463 e. The Morgan fingerprint density at radius 2 is 1.79 bits per heavy atom. The van der Waals surface area contributed by atoms with Crippen LogP contribution >= 0.6 is 11.3 Å². The van der Waals surface area contributed by atoms with Crippen LogP contribution in [0.15, 0.2) is 0 Å². The lowest BCUT2D eigenvalue weighted by Crippen LogP contribution is -2.59. The van der Waals surface area contributed by atoms with E-state index in [4.69, 9.17) is 37.5 Å². The highest BCUT2D eigenvalue weighted by Crippen LogP contribution is 2.54. The van der Waals surface area contributed by atoms with E-state index >= 15 is 0 Å². The van der Waals surface area contributed by atoms with Crippen LogP contribution in [-0.4, -0.2) is 86.5 Å². The number of nitriles is 1. The van der Waals surface area contributed by atoms with Crippen molar-refractivity contribution in [2.45, 2.75) is 50.0 Å². The van der Waals surface area contributed by atoms with Gasteiger partial charge in [0, 0.05) is 67.6 Å². The van der Waals surface area contributed by atoms with E-state index in [1.807, 2.05) is 0 Å². The van der Waals surface area contributed by atoms with E-state index < -0.39 is 0 Å². The zero-order valence-corrected chi connectivity index (χ0v) is 25.4. The van der Waals surface area contributed by atoms with Gasteiger partial charge in [-0.05, 0) is 55.9 Å².